The molecule has 18 heavy (non-hydrogen) atoms. The molecule has 2 aliphatic rings. The number of hydrogen-bond acceptors (Lipinski definition) is 2. The highest BCUT2D eigenvalue weighted by atomic mass is 15.1. The van der Waals surface area contributed by atoms with Gasteiger partial charge in [-0.2, -0.15) is 0 Å². The normalized spacial score (nSPS) is 25.5. The monoisotopic (exact) mass is 252 g/mol. The Morgan fingerprint density at radius 2 is 1.89 bits per heavy atom. The Morgan fingerprint density at radius 3 is 2.67 bits per heavy atom. The van der Waals surface area contributed by atoms with Crippen LogP contribution >= 0.6 is 0 Å². The second-order valence-electron chi connectivity index (χ2n) is 6.36. The molecule has 1 aliphatic heterocycles. The van der Waals surface area contributed by atoms with Crippen LogP contribution in [0.2, 0.25) is 0 Å². The van der Waals surface area contributed by atoms with Crippen molar-refractivity contribution in [3.8, 4) is 0 Å². The predicted molar refractivity (Wildman–Crippen MR) is 78.9 cm³/mol. The van der Waals surface area contributed by atoms with Gasteiger partial charge in [0.25, 0.3) is 0 Å². The van der Waals surface area contributed by atoms with E-state index in [1.165, 1.54) is 84.0 Å². The molecule has 0 spiro atoms. The minimum Gasteiger partial charge on any atom is -0.314 e. The zero-order valence-corrected chi connectivity index (χ0v) is 12.3. The highest BCUT2D eigenvalue weighted by molar-refractivity contribution is 4.80. The van der Waals surface area contributed by atoms with Crippen LogP contribution in [0, 0.1) is 5.92 Å². The van der Waals surface area contributed by atoms with Crippen LogP contribution in [0.15, 0.2) is 0 Å². The van der Waals surface area contributed by atoms with Crippen molar-refractivity contribution in [2.45, 2.75) is 70.8 Å². The molecular weight excluding hydrogens is 220 g/mol. The zero-order chi connectivity index (χ0) is 12.6. The first-order valence-corrected chi connectivity index (χ1v) is 8.34. The van der Waals surface area contributed by atoms with Gasteiger partial charge >= 0.3 is 0 Å². The number of hydrogen-bond donors (Lipinski definition) is 1. The van der Waals surface area contributed by atoms with E-state index < -0.39 is 0 Å². The van der Waals surface area contributed by atoms with Gasteiger partial charge in [-0.3, -0.25) is 0 Å². The van der Waals surface area contributed by atoms with Gasteiger partial charge in [0.15, 0.2) is 0 Å². The van der Waals surface area contributed by atoms with E-state index in [0.29, 0.717) is 0 Å². The maximum absolute atomic E-state index is 3.60. The number of nitrogens with one attached hydrogen (secondary N) is 1. The number of unbranched alkanes of at least 4 members (excludes halogenated alkanes) is 3. The van der Waals surface area contributed by atoms with Crippen LogP contribution in [0.25, 0.3) is 0 Å². The summed E-state index contributed by atoms with van der Waals surface area (Å²) < 4.78 is 0. The van der Waals surface area contributed by atoms with Crippen LogP contribution in [0.5, 0.6) is 0 Å². The van der Waals surface area contributed by atoms with Crippen molar-refractivity contribution in [2.24, 2.45) is 5.92 Å². The lowest BCUT2D eigenvalue weighted by Crippen LogP contribution is -2.35. The lowest BCUT2D eigenvalue weighted by molar-refractivity contribution is 0.169. The molecule has 106 valence electrons. The molecule has 2 fully saturated rings. The Kier molecular flexibility index (Phi) is 6.50. The van der Waals surface area contributed by atoms with Gasteiger partial charge in [-0.05, 0) is 64.1 Å². The molecule has 0 aromatic rings. The van der Waals surface area contributed by atoms with E-state index in [1.54, 1.807) is 0 Å². The van der Waals surface area contributed by atoms with Gasteiger partial charge in [0.05, 0.1) is 0 Å². The van der Waals surface area contributed by atoms with Crippen molar-refractivity contribution < 1.29 is 0 Å². The van der Waals surface area contributed by atoms with E-state index in [0.717, 1.165) is 12.0 Å². The maximum Gasteiger partial charge on any atom is 0.00682 e. The van der Waals surface area contributed by atoms with Gasteiger partial charge in [0.2, 0.25) is 0 Å². The molecule has 1 saturated heterocycles. The average Bonchev–Trinajstić information content (AvgIpc) is 3.22. The van der Waals surface area contributed by atoms with E-state index in [1.807, 2.05) is 0 Å². The average molecular weight is 252 g/mol. The largest absolute Gasteiger partial charge is 0.314 e. The molecule has 0 radical (unpaired) electrons. The number of likely N-dealkylation sites (tertiary alicyclic amines) is 1. The zero-order valence-electron chi connectivity index (χ0n) is 12.3. The van der Waals surface area contributed by atoms with E-state index in [9.17, 15) is 0 Å². The first kappa shape index (κ1) is 14.3. The summed E-state index contributed by atoms with van der Waals surface area (Å²) in [6.07, 6.45) is 12.8. The molecule has 0 aromatic heterocycles. The lowest BCUT2D eigenvalue weighted by atomic mass is 9.95. The highest BCUT2D eigenvalue weighted by Gasteiger charge is 2.19. The van der Waals surface area contributed by atoms with E-state index in [4.69, 9.17) is 0 Å². The molecule has 0 amide bonds. The number of nitrogens with zero attached hydrogens (tertiary/aromatic N) is 1. The van der Waals surface area contributed by atoms with Gasteiger partial charge in [-0.15, -0.1) is 0 Å². The molecule has 1 saturated carbocycles. The number of piperidine rings is 1. The van der Waals surface area contributed by atoms with Gasteiger partial charge in [-0.1, -0.05) is 26.2 Å². The fraction of sp³-hybridized carbons (Fsp3) is 1.00. The van der Waals surface area contributed by atoms with Crippen molar-refractivity contribution in [1.82, 2.24) is 10.2 Å². The molecule has 2 rings (SSSR count). The molecule has 2 heteroatoms. The lowest BCUT2D eigenvalue weighted by Gasteiger charge is -2.32. The van der Waals surface area contributed by atoms with Gasteiger partial charge in [-0.25, -0.2) is 0 Å². The van der Waals surface area contributed by atoms with E-state index >= 15 is 0 Å². The summed E-state index contributed by atoms with van der Waals surface area (Å²) in [6, 6.07) is 0.893. The molecule has 0 bridgehead atoms. The minimum atomic E-state index is 0.893. The Hall–Kier alpha value is -0.0800. The van der Waals surface area contributed by atoms with Crippen LogP contribution in [-0.4, -0.2) is 37.1 Å². The van der Waals surface area contributed by atoms with E-state index in [-0.39, 0.29) is 0 Å². The quantitative estimate of drug-likeness (QED) is 0.633. The van der Waals surface area contributed by atoms with Gasteiger partial charge < -0.3 is 10.2 Å². The third-order valence-electron chi connectivity index (χ3n) is 4.59. The first-order valence-electron chi connectivity index (χ1n) is 8.34. The second kappa shape index (κ2) is 8.16. The van der Waals surface area contributed by atoms with Crippen molar-refractivity contribution in [1.29, 1.82) is 0 Å². The molecule has 1 atom stereocenters. The van der Waals surface area contributed by atoms with Crippen LogP contribution < -0.4 is 5.32 Å². The van der Waals surface area contributed by atoms with Crippen molar-refractivity contribution >= 4 is 0 Å². The molecule has 0 aromatic carbocycles. The SMILES string of the molecule is CCC1CCCN(CCCCCCNC2CC2)C1. The smallest absolute Gasteiger partial charge is 0.00682 e. The fourth-order valence-electron chi connectivity index (χ4n) is 3.10. The Bertz CT molecular complexity index is 213. The van der Waals surface area contributed by atoms with Crippen LogP contribution in [0.4, 0.5) is 0 Å². The van der Waals surface area contributed by atoms with Crippen molar-refractivity contribution in [3.63, 3.8) is 0 Å². The molecule has 1 heterocycles. The second-order valence-corrected chi connectivity index (χ2v) is 6.36. The molecule has 1 aliphatic carbocycles. The predicted octanol–water partition coefficient (Wildman–Crippen LogP) is 3.42. The summed E-state index contributed by atoms with van der Waals surface area (Å²) in [4.78, 5) is 2.71. The molecule has 1 N–H and O–H groups in total. The molecule has 2 nitrogen and oxygen atoms in total. The summed E-state index contributed by atoms with van der Waals surface area (Å²) in [5.74, 6) is 0.987. The summed E-state index contributed by atoms with van der Waals surface area (Å²) in [7, 11) is 0. The summed E-state index contributed by atoms with van der Waals surface area (Å²) in [5, 5.41) is 3.60. The van der Waals surface area contributed by atoms with E-state index in [2.05, 4.69) is 17.1 Å². The summed E-state index contributed by atoms with van der Waals surface area (Å²) >= 11 is 0. The number of rotatable bonds is 9. The Morgan fingerprint density at radius 1 is 1.06 bits per heavy atom. The van der Waals surface area contributed by atoms with Crippen LogP contribution in [0.3, 0.4) is 0 Å². The summed E-state index contributed by atoms with van der Waals surface area (Å²) in [6.45, 7) is 7.69. The Labute approximate surface area is 114 Å². The van der Waals surface area contributed by atoms with Crippen LogP contribution in [-0.2, 0) is 0 Å². The highest BCUT2D eigenvalue weighted by Crippen LogP contribution is 2.20. The topological polar surface area (TPSA) is 15.3 Å². The molecule has 1 unspecified atom stereocenters. The maximum atomic E-state index is 3.60. The minimum absolute atomic E-state index is 0.893. The fourth-order valence-corrected chi connectivity index (χ4v) is 3.10. The van der Waals surface area contributed by atoms with Crippen molar-refractivity contribution in [2.75, 3.05) is 26.2 Å². The van der Waals surface area contributed by atoms with Gasteiger partial charge in [0, 0.05) is 12.6 Å². The standard InChI is InChI=1S/C16H32N2/c1-2-15-8-7-13-18(14-15)12-6-4-3-5-11-17-16-9-10-16/h15-17H,2-14H2,1H3. The van der Waals surface area contributed by atoms with Crippen LogP contribution in [0.1, 0.15) is 64.7 Å². The third-order valence-corrected chi connectivity index (χ3v) is 4.59. The first-order chi connectivity index (χ1) is 8.88. The third kappa shape index (κ3) is 5.71. The summed E-state index contributed by atoms with van der Waals surface area (Å²) in [5.41, 5.74) is 0. The van der Waals surface area contributed by atoms with Crippen molar-refractivity contribution in [3.05, 3.63) is 0 Å². The van der Waals surface area contributed by atoms with Gasteiger partial charge in [0.1, 0.15) is 0 Å². The Balaban J connectivity index is 1.39. The molecular formula is C16H32N2.